The molecule has 0 spiro atoms. The summed E-state index contributed by atoms with van der Waals surface area (Å²) in [5.74, 6) is 0.00825. The maximum absolute atomic E-state index is 13.1. The Balaban J connectivity index is 1.94. The van der Waals surface area contributed by atoms with Gasteiger partial charge in [0.1, 0.15) is 10.8 Å². The van der Waals surface area contributed by atoms with Gasteiger partial charge in [0.2, 0.25) is 0 Å². The minimum absolute atomic E-state index is 0.00825. The molecular formula is C14H13F3N2OS. The maximum Gasteiger partial charge on any atom is 0.434 e. The molecule has 1 aliphatic rings. The van der Waals surface area contributed by atoms with E-state index in [1.54, 1.807) is 12.1 Å². The number of phenols is 1. The maximum atomic E-state index is 13.1. The van der Waals surface area contributed by atoms with Crippen LogP contribution in [0.1, 0.15) is 23.4 Å². The second-order valence-corrected chi connectivity index (χ2v) is 6.08. The van der Waals surface area contributed by atoms with Crippen LogP contribution in [0.25, 0.3) is 10.6 Å². The van der Waals surface area contributed by atoms with Crippen molar-refractivity contribution in [2.24, 2.45) is 0 Å². The SMILES string of the molecule is Oc1cccc(-c2nc(C(F)(F)F)c(CNC3CC3)s2)c1. The number of phenolic OH excluding ortho intramolecular Hbond substituents is 1. The third kappa shape index (κ3) is 3.36. The fourth-order valence-corrected chi connectivity index (χ4v) is 3.01. The van der Waals surface area contributed by atoms with E-state index in [0.29, 0.717) is 11.6 Å². The Labute approximate surface area is 123 Å². The molecule has 3 nitrogen and oxygen atoms in total. The van der Waals surface area contributed by atoms with E-state index < -0.39 is 11.9 Å². The molecule has 1 saturated carbocycles. The highest BCUT2D eigenvalue weighted by Gasteiger charge is 2.37. The fourth-order valence-electron chi connectivity index (χ4n) is 1.98. The molecule has 3 rings (SSSR count). The molecule has 0 unspecified atom stereocenters. The lowest BCUT2D eigenvalue weighted by Crippen LogP contribution is -2.18. The number of alkyl halides is 3. The van der Waals surface area contributed by atoms with Gasteiger partial charge in [-0.3, -0.25) is 0 Å². The highest BCUT2D eigenvalue weighted by molar-refractivity contribution is 7.15. The smallest absolute Gasteiger partial charge is 0.434 e. The predicted molar refractivity (Wildman–Crippen MR) is 74.1 cm³/mol. The van der Waals surface area contributed by atoms with E-state index in [-0.39, 0.29) is 22.2 Å². The van der Waals surface area contributed by atoms with Gasteiger partial charge in [0.15, 0.2) is 5.69 Å². The second-order valence-electron chi connectivity index (χ2n) is 4.99. The van der Waals surface area contributed by atoms with Gasteiger partial charge < -0.3 is 10.4 Å². The average Bonchev–Trinajstić information content (AvgIpc) is 3.13. The van der Waals surface area contributed by atoms with Gasteiger partial charge in [-0.15, -0.1) is 11.3 Å². The molecule has 1 fully saturated rings. The zero-order valence-electron chi connectivity index (χ0n) is 10.9. The molecule has 2 aromatic rings. The van der Waals surface area contributed by atoms with Gasteiger partial charge in [-0.05, 0) is 25.0 Å². The van der Waals surface area contributed by atoms with Crippen LogP contribution in [0.4, 0.5) is 13.2 Å². The Kier molecular flexibility index (Phi) is 3.62. The Morgan fingerprint density at radius 1 is 1.33 bits per heavy atom. The van der Waals surface area contributed by atoms with Gasteiger partial charge in [-0.1, -0.05) is 12.1 Å². The fraction of sp³-hybridized carbons (Fsp3) is 0.357. The molecule has 0 aliphatic heterocycles. The first-order valence-electron chi connectivity index (χ1n) is 6.53. The van der Waals surface area contributed by atoms with Gasteiger partial charge in [-0.2, -0.15) is 13.2 Å². The van der Waals surface area contributed by atoms with Gasteiger partial charge in [0, 0.05) is 18.2 Å². The van der Waals surface area contributed by atoms with Gasteiger partial charge in [0.25, 0.3) is 0 Å². The number of nitrogens with zero attached hydrogens (tertiary/aromatic N) is 1. The molecule has 2 N–H and O–H groups in total. The van der Waals surface area contributed by atoms with Gasteiger partial charge in [0.05, 0.1) is 4.88 Å². The summed E-state index contributed by atoms with van der Waals surface area (Å²) in [6, 6.07) is 6.43. The van der Waals surface area contributed by atoms with E-state index >= 15 is 0 Å². The van der Waals surface area contributed by atoms with Crippen molar-refractivity contribution in [2.75, 3.05) is 0 Å². The lowest BCUT2D eigenvalue weighted by Gasteiger charge is -2.06. The first-order valence-corrected chi connectivity index (χ1v) is 7.35. The Morgan fingerprint density at radius 3 is 2.71 bits per heavy atom. The molecule has 21 heavy (non-hydrogen) atoms. The minimum atomic E-state index is -4.47. The van der Waals surface area contributed by atoms with Crippen LogP contribution in [0.3, 0.4) is 0 Å². The van der Waals surface area contributed by atoms with Crippen LogP contribution < -0.4 is 5.32 Å². The summed E-state index contributed by atoms with van der Waals surface area (Å²) in [7, 11) is 0. The van der Waals surface area contributed by atoms with Crippen molar-refractivity contribution in [2.45, 2.75) is 31.6 Å². The minimum Gasteiger partial charge on any atom is -0.508 e. The average molecular weight is 314 g/mol. The van der Waals surface area contributed by atoms with Crippen molar-refractivity contribution < 1.29 is 18.3 Å². The molecule has 1 aliphatic carbocycles. The molecule has 112 valence electrons. The summed E-state index contributed by atoms with van der Waals surface area (Å²) in [4.78, 5) is 3.92. The zero-order valence-corrected chi connectivity index (χ0v) is 11.8. The van der Waals surface area contributed by atoms with E-state index in [4.69, 9.17) is 0 Å². The number of thiazole rings is 1. The molecule has 0 bridgehead atoms. The number of benzene rings is 1. The first-order chi connectivity index (χ1) is 9.93. The highest BCUT2D eigenvalue weighted by Crippen LogP contribution is 2.38. The van der Waals surface area contributed by atoms with E-state index in [1.165, 1.54) is 12.1 Å². The topological polar surface area (TPSA) is 45.2 Å². The third-order valence-corrected chi connectivity index (χ3v) is 4.29. The molecule has 1 aromatic heterocycles. The Bertz CT molecular complexity index is 650. The summed E-state index contributed by atoms with van der Waals surface area (Å²) < 4.78 is 39.2. The predicted octanol–water partition coefficient (Wildman–Crippen LogP) is 3.79. The van der Waals surface area contributed by atoms with Gasteiger partial charge >= 0.3 is 6.18 Å². The summed E-state index contributed by atoms with van der Waals surface area (Å²) in [5.41, 5.74) is -0.345. The summed E-state index contributed by atoms with van der Waals surface area (Å²) >= 11 is 1.01. The van der Waals surface area contributed by atoms with Crippen LogP contribution >= 0.6 is 11.3 Å². The van der Waals surface area contributed by atoms with Crippen LogP contribution in [0.15, 0.2) is 24.3 Å². The summed E-state index contributed by atoms with van der Waals surface area (Å²) in [6.07, 6.45) is -2.44. The van der Waals surface area contributed by atoms with Crippen molar-refractivity contribution in [1.82, 2.24) is 10.3 Å². The molecule has 0 radical (unpaired) electrons. The number of halogens is 3. The quantitative estimate of drug-likeness (QED) is 0.902. The zero-order chi connectivity index (χ0) is 15.0. The standard InChI is InChI=1S/C14H13F3N2OS/c15-14(16,17)12-11(7-18-9-4-5-9)21-13(19-12)8-2-1-3-10(20)6-8/h1-3,6,9,18,20H,4-5,7H2. The van der Waals surface area contributed by atoms with Crippen molar-refractivity contribution in [3.63, 3.8) is 0 Å². The first kappa shape index (κ1) is 14.3. The van der Waals surface area contributed by atoms with E-state index in [0.717, 1.165) is 24.2 Å². The van der Waals surface area contributed by atoms with Crippen LogP contribution in [-0.4, -0.2) is 16.1 Å². The van der Waals surface area contributed by atoms with Crippen LogP contribution in [0.5, 0.6) is 5.75 Å². The molecule has 0 amide bonds. The third-order valence-electron chi connectivity index (χ3n) is 3.19. The Hall–Kier alpha value is -1.60. The number of aromatic hydroxyl groups is 1. The molecule has 0 saturated heterocycles. The highest BCUT2D eigenvalue weighted by atomic mass is 32.1. The number of aromatic nitrogens is 1. The van der Waals surface area contributed by atoms with Crippen molar-refractivity contribution in [3.8, 4) is 16.3 Å². The number of hydrogen-bond donors (Lipinski definition) is 2. The molecule has 1 aromatic carbocycles. The summed E-state index contributed by atoms with van der Waals surface area (Å²) in [6.45, 7) is 0.177. The van der Waals surface area contributed by atoms with Gasteiger partial charge in [-0.25, -0.2) is 4.98 Å². The van der Waals surface area contributed by atoms with E-state index in [2.05, 4.69) is 10.3 Å². The number of rotatable bonds is 4. The lowest BCUT2D eigenvalue weighted by atomic mass is 10.2. The van der Waals surface area contributed by atoms with Crippen molar-refractivity contribution in [3.05, 3.63) is 34.8 Å². The Morgan fingerprint density at radius 2 is 2.10 bits per heavy atom. The van der Waals surface area contributed by atoms with Crippen LogP contribution in [0, 0.1) is 0 Å². The molecule has 0 atom stereocenters. The van der Waals surface area contributed by atoms with Crippen LogP contribution in [0.2, 0.25) is 0 Å². The van der Waals surface area contributed by atoms with Crippen molar-refractivity contribution >= 4 is 11.3 Å². The van der Waals surface area contributed by atoms with E-state index in [1.807, 2.05) is 0 Å². The summed E-state index contributed by atoms with van der Waals surface area (Å²) in [5, 5.41) is 12.8. The largest absolute Gasteiger partial charge is 0.508 e. The number of nitrogens with one attached hydrogen (secondary N) is 1. The van der Waals surface area contributed by atoms with E-state index in [9.17, 15) is 18.3 Å². The van der Waals surface area contributed by atoms with Crippen LogP contribution in [-0.2, 0) is 12.7 Å². The molecular weight excluding hydrogens is 301 g/mol. The molecule has 7 heteroatoms. The monoisotopic (exact) mass is 314 g/mol. The second kappa shape index (κ2) is 5.31. The normalized spacial score (nSPS) is 15.4. The lowest BCUT2D eigenvalue weighted by molar-refractivity contribution is -0.141. The van der Waals surface area contributed by atoms with Crippen molar-refractivity contribution in [1.29, 1.82) is 0 Å². The number of hydrogen-bond acceptors (Lipinski definition) is 4. The molecule has 1 heterocycles.